The average Bonchev–Trinajstić information content (AvgIpc) is 2.27. The largest absolute Gasteiger partial charge is 0.282 e. The Morgan fingerprint density at radius 3 is 3.20 bits per heavy atom. The molecule has 1 nitrogen and oxygen atoms in total. The van der Waals surface area contributed by atoms with Crippen LogP contribution in [0.4, 0.5) is 0 Å². The van der Waals surface area contributed by atoms with E-state index in [2.05, 4.69) is 18.0 Å². The molecule has 0 amide bonds. The molecule has 1 aliphatic heterocycles. The van der Waals surface area contributed by atoms with Gasteiger partial charge in [-0.15, -0.1) is 0 Å². The molecular weight excluding hydrogens is 122 g/mol. The van der Waals surface area contributed by atoms with E-state index in [0.29, 0.717) is 6.04 Å². The van der Waals surface area contributed by atoms with Crippen molar-refractivity contribution in [3.63, 3.8) is 0 Å². The Morgan fingerprint density at radius 2 is 2.40 bits per heavy atom. The van der Waals surface area contributed by atoms with Crippen molar-refractivity contribution in [3.8, 4) is 0 Å². The number of nitrogens with zero attached hydrogens (tertiary/aromatic N) is 1. The Bertz CT molecular complexity index is 201. The first-order chi connectivity index (χ1) is 4.86. The highest BCUT2D eigenvalue weighted by Gasteiger charge is 2.21. The van der Waals surface area contributed by atoms with Gasteiger partial charge in [-0.05, 0) is 37.8 Å². The number of hydrogen-bond acceptors (Lipinski definition) is 1. The van der Waals surface area contributed by atoms with Crippen molar-refractivity contribution in [2.24, 2.45) is 4.99 Å². The van der Waals surface area contributed by atoms with E-state index in [1.54, 1.807) is 5.57 Å². The fourth-order valence-electron chi connectivity index (χ4n) is 1.89. The summed E-state index contributed by atoms with van der Waals surface area (Å²) in [5, 5.41) is 0. The number of aliphatic imine (C=N–C) groups is 1. The van der Waals surface area contributed by atoms with Gasteiger partial charge in [-0.3, -0.25) is 4.99 Å². The molecule has 1 unspecified atom stereocenters. The van der Waals surface area contributed by atoms with Gasteiger partial charge in [0.05, 0.1) is 6.04 Å². The Kier molecular flexibility index (Phi) is 1.37. The minimum Gasteiger partial charge on any atom is -0.282 e. The molecule has 1 heteroatoms. The van der Waals surface area contributed by atoms with Crippen molar-refractivity contribution in [1.29, 1.82) is 0 Å². The summed E-state index contributed by atoms with van der Waals surface area (Å²) in [5.41, 5.74) is 2.82. The van der Waals surface area contributed by atoms with Crippen LogP contribution >= 0.6 is 0 Å². The molecule has 1 heterocycles. The highest BCUT2D eigenvalue weighted by atomic mass is 14.8. The van der Waals surface area contributed by atoms with Crippen molar-refractivity contribution in [1.82, 2.24) is 0 Å². The van der Waals surface area contributed by atoms with E-state index >= 15 is 0 Å². The molecule has 1 fully saturated rings. The van der Waals surface area contributed by atoms with Gasteiger partial charge < -0.3 is 0 Å². The van der Waals surface area contributed by atoms with Crippen LogP contribution in [0.1, 0.15) is 32.6 Å². The number of allylic oxidation sites excluding steroid dienone is 1. The molecule has 2 aliphatic rings. The second-order valence-corrected chi connectivity index (χ2v) is 3.25. The van der Waals surface area contributed by atoms with Gasteiger partial charge >= 0.3 is 0 Å². The molecule has 0 spiro atoms. The standard InChI is InChI=1S/C9H13N/c1-7-6-8-4-2-3-5-9(8)10-7/h6,9H,2-5H2,1H3. The van der Waals surface area contributed by atoms with Crippen LogP contribution in [0.3, 0.4) is 0 Å². The molecule has 1 aliphatic carbocycles. The highest BCUT2D eigenvalue weighted by molar-refractivity contribution is 5.95. The molecule has 0 aromatic heterocycles. The number of fused-ring (bicyclic) bond motifs is 1. The summed E-state index contributed by atoms with van der Waals surface area (Å²) >= 11 is 0. The Labute approximate surface area is 61.9 Å². The summed E-state index contributed by atoms with van der Waals surface area (Å²) in [4.78, 5) is 4.53. The lowest BCUT2D eigenvalue weighted by atomic mass is 9.91. The van der Waals surface area contributed by atoms with E-state index < -0.39 is 0 Å². The Morgan fingerprint density at radius 1 is 1.50 bits per heavy atom. The third-order valence-electron chi connectivity index (χ3n) is 2.37. The van der Waals surface area contributed by atoms with E-state index in [1.807, 2.05) is 0 Å². The SMILES string of the molecule is CC1=NC2CCCCC2=C1. The summed E-state index contributed by atoms with van der Waals surface area (Å²) in [6.45, 7) is 2.10. The molecule has 0 radical (unpaired) electrons. The van der Waals surface area contributed by atoms with E-state index in [0.717, 1.165) is 0 Å². The van der Waals surface area contributed by atoms with Crippen LogP contribution in [-0.4, -0.2) is 11.8 Å². The van der Waals surface area contributed by atoms with Crippen LogP contribution in [0.25, 0.3) is 0 Å². The summed E-state index contributed by atoms with van der Waals surface area (Å²) in [6, 6.07) is 0.591. The fourth-order valence-corrected chi connectivity index (χ4v) is 1.89. The summed E-state index contributed by atoms with van der Waals surface area (Å²) in [7, 11) is 0. The topological polar surface area (TPSA) is 12.4 Å². The van der Waals surface area contributed by atoms with Crippen molar-refractivity contribution in [2.75, 3.05) is 0 Å². The van der Waals surface area contributed by atoms with E-state index in [1.165, 1.54) is 31.4 Å². The van der Waals surface area contributed by atoms with Crippen LogP contribution in [0.2, 0.25) is 0 Å². The zero-order valence-corrected chi connectivity index (χ0v) is 6.43. The predicted molar refractivity (Wildman–Crippen MR) is 43.4 cm³/mol. The molecule has 10 heavy (non-hydrogen) atoms. The smallest absolute Gasteiger partial charge is 0.0715 e. The van der Waals surface area contributed by atoms with Gasteiger partial charge in [-0.2, -0.15) is 0 Å². The zero-order valence-electron chi connectivity index (χ0n) is 6.43. The minimum absolute atomic E-state index is 0.591. The molecule has 0 bridgehead atoms. The first-order valence-electron chi connectivity index (χ1n) is 4.11. The van der Waals surface area contributed by atoms with Gasteiger partial charge in [0.2, 0.25) is 0 Å². The van der Waals surface area contributed by atoms with Crippen LogP contribution in [-0.2, 0) is 0 Å². The fraction of sp³-hybridized carbons (Fsp3) is 0.667. The maximum atomic E-state index is 4.53. The third-order valence-corrected chi connectivity index (χ3v) is 2.37. The van der Waals surface area contributed by atoms with Gasteiger partial charge in [0.15, 0.2) is 0 Å². The maximum Gasteiger partial charge on any atom is 0.0715 e. The van der Waals surface area contributed by atoms with Crippen molar-refractivity contribution in [2.45, 2.75) is 38.6 Å². The average molecular weight is 135 g/mol. The van der Waals surface area contributed by atoms with Crippen LogP contribution in [0, 0.1) is 0 Å². The molecular formula is C9H13N. The molecule has 54 valence electrons. The highest BCUT2D eigenvalue weighted by Crippen LogP contribution is 2.29. The van der Waals surface area contributed by atoms with Crippen molar-refractivity contribution < 1.29 is 0 Å². The van der Waals surface area contributed by atoms with E-state index in [9.17, 15) is 0 Å². The molecule has 0 aromatic carbocycles. The third kappa shape index (κ3) is 0.898. The van der Waals surface area contributed by atoms with Crippen LogP contribution in [0.5, 0.6) is 0 Å². The van der Waals surface area contributed by atoms with Gasteiger partial charge in [0.1, 0.15) is 0 Å². The first-order valence-corrected chi connectivity index (χ1v) is 4.11. The van der Waals surface area contributed by atoms with E-state index in [4.69, 9.17) is 0 Å². The first kappa shape index (κ1) is 6.14. The Hall–Kier alpha value is -0.590. The molecule has 1 atom stereocenters. The van der Waals surface area contributed by atoms with Crippen LogP contribution < -0.4 is 0 Å². The number of hydrogen-bond donors (Lipinski definition) is 0. The van der Waals surface area contributed by atoms with Gasteiger partial charge in [-0.1, -0.05) is 6.42 Å². The molecule has 0 saturated heterocycles. The monoisotopic (exact) mass is 135 g/mol. The second-order valence-electron chi connectivity index (χ2n) is 3.25. The van der Waals surface area contributed by atoms with E-state index in [-0.39, 0.29) is 0 Å². The van der Waals surface area contributed by atoms with Gasteiger partial charge in [-0.25, -0.2) is 0 Å². The normalized spacial score (nSPS) is 31.1. The summed E-state index contributed by atoms with van der Waals surface area (Å²) in [6.07, 6.45) is 7.61. The van der Waals surface area contributed by atoms with Crippen molar-refractivity contribution in [3.05, 3.63) is 11.6 Å². The molecule has 2 rings (SSSR count). The Balaban J connectivity index is 2.20. The predicted octanol–water partition coefficient (Wildman–Crippen LogP) is 2.33. The molecule has 0 aromatic rings. The van der Waals surface area contributed by atoms with Gasteiger partial charge in [0, 0.05) is 5.71 Å². The summed E-state index contributed by atoms with van der Waals surface area (Å²) < 4.78 is 0. The lowest BCUT2D eigenvalue weighted by Gasteiger charge is -2.17. The minimum atomic E-state index is 0.591. The quantitative estimate of drug-likeness (QED) is 0.483. The lowest BCUT2D eigenvalue weighted by molar-refractivity contribution is 0.545. The molecule has 0 N–H and O–H groups in total. The van der Waals surface area contributed by atoms with Crippen LogP contribution in [0.15, 0.2) is 16.6 Å². The summed E-state index contributed by atoms with van der Waals surface area (Å²) in [5.74, 6) is 0. The number of rotatable bonds is 0. The van der Waals surface area contributed by atoms with Crippen molar-refractivity contribution >= 4 is 5.71 Å². The van der Waals surface area contributed by atoms with Gasteiger partial charge in [0.25, 0.3) is 0 Å². The molecule has 1 saturated carbocycles. The second kappa shape index (κ2) is 2.22. The zero-order chi connectivity index (χ0) is 6.97. The maximum absolute atomic E-state index is 4.53. The lowest BCUT2D eigenvalue weighted by Crippen LogP contribution is -2.09.